The molecule has 38 heavy (non-hydrogen) atoms. The summed E-state index contributed by atoms with van der Waals surface area (Å²) in [7, 11) is 0. The van der Waals surface area contributed by atoms with Crippen molar-refractivity contribution in [1.29, 1.82) is 0 Å². The number of anilines is 1. The van der Waals surface area contributed by atoms with Crippen molar-refractivity contribution in [2.75, 3.05) is 18.4 Å². The van der Waals surface area contributed by atoms with Gasteiger partial charge in [-0.15, -0.1) is 0 Å². The molecule has 0 radical (unpaired) electrons. The monoisotopic (exact) mass is 523 g/mol. The summed E-state index contributed by atoms with van der Waals surface area (Å²) in [5.74, 6) is 0.651. The van der Waals surface area contributed by atoms with Crippen LogP contribution in [0.2, 0.25) is 0 Å². The highest BCUT2D eigenvalue weighted by atomic mass is 16.2. The molecule has 0 aromatic heterocycles. The standard InChI is InChI=1S/C30H45N5O3/c1-19(2)24(31)25(36)32-23-9-11-35(12-10-23)26(37)21-5-7-22(8-6-21)33-27(38)34-30-15-20-13-28(3,17-30)16-29(4,14-20)18-30/h5-8,19-20,23-24H,9-18,31H2,1-4H3,(H,32,36)(H2,33,34,38). The van der Waals surface area contributed by atoms with Gasteiger partial charge in [-0.25, -0.2) is 4.79 Å². The van der Waals surface area contributed by atoms with E-state index in [0.717, 1.165) is 19.3 Å². The SMILES string of the molecule is CC(C)C(N)C(=O)NC1CCN(C(=O)c2ccc(NC(=O)NC34CC5CC(C)(CC(C)(C5)C3)C4)cc2)CC1. The van der Waals surface area contributed by atoms with Gasteiger partial charge < -0.3 is 26.6 Å². The number of likely N-dealkylation sites (tertiary alicyclic amines) is 1. The van der Waals surface area contributed by atoms with E-state index in [1.807, 2.05) is 18.7 Å². The van der Waals surface area contributed by atoms with E-state index in [4.69, 9.17) is 5.73 Å². The van der Waals surface area contributed by atoms with Crippen LogP contribution in [0.5, 0.6) is 0 Å². The van der Waals surface area contributed by atoms with Crippen LogP contribution in [0.1, 0.15) is 89.4 Å². The quantitative estimate of drug-likeness (QED) is 0.446. The second-order valence-electron chi connectivity index (χ2n) is 13.9. The fraction of sp³-hybridized carbons (Fsp3) is 0.700. The number of urea groups is 1. The van der Waals surface area contributed by atoms with Crippen LogP contribution < -0.4 is 21.7 Å². The van der Waals surface area contributed by atoms with Crippen LogP contribution in [0.3, 0.4) is 0 Å². The maximum absolute atomic E-state index is 13.1. The average molecular weight is 524 g/mol. The maximum Gasteiger partial charge on any atom is 0.319 e. The molecule has 6 rings (SSSR count). The van der Waals surface area contributed by atoms with Crippen molar-refractivity contribution in [1.82, 2.24) is 15.5 Å². The van der Waals surface area contributed by atoms with Crippen LogP contribution in [-0.4, -0.2) is 53.5 Å². The van der Waals surface area contributed by atoms with Gasteiger partial charge >= 0.3 is 6.03 Å². The van der Waals surface area contributed by atoms with E-state index < -0.39 is 6.04 Å². The van der Waals surface area contributed by atoms with Gasteiger partial charge in [0.05, 0.1) is 6.04 Å². The minimum Gasteiger partial charge on any atom is -0.352 e. The zero-order chi connectivity index (χ0) is 27.3. The Morgan fingerprint density at radius 1 is 0.947 bits per heavy atom. The molecule has 3 atom stereocenters. The zero-order valence-corrected chi connectivity index (χ0v) is 23.4. The lowest BCUT2D eigenvalue weighted by atomic mass is 9.43. The predicted molar refractivity (Wildman–Crippen MR) is 149 cm³/mol. The third-order valence-corrected chi connectivity index (χ3v) is 9.54. The van der Waals surface area contributed by atoms with Gasteiger partial charge in [-0.1, -0.05) is 27.7 Å². The second kappa shape index (κ2) is 9.85. The lowest BCUT2D eigenvalue weighted by Gasteiger charge is -2.65. The Bertz CT molecular complexity index is 1060. The lowest BCUT2D eigenvalue weighted by Crippen LogP contribution is -2.65. The molecule has 8 heteroatoms. The number of rotatable bonds is 6. The van der Waals surface area contributed by atoms with E-state index >= 15 is 0 Å². The van der Waals surface area contributed by atoms with Crippen molar-refractivity contribution in [3.8, 4) is 0 Å². The Hall–Kier alpha value is -2.61. The molecular formula is C30H45N5O3. The third-order valence-electron chi connectivity index (χ3n) is 9.54. The van der Waals surface area contributed by atoms with Crippen LogP contribution in [-0.2, 0) is 4.79 Å². The molecule has 5 fully saturated rings. The number of carbonyl (C=O) groups is 3. The molecule has 3 unspecified atom stereocenters. The molecule has 208 valence electrons. The molecule has 5 aliphatic rings. The first-order valence-corrected chi connectivity index (χ1v) is 14.4. The average Bonchev–Trinajstić information content (AvgIpc) is 2.81. The van der Waals surface area contributed by atoms with Crippen LogP contribution in [0.15, 0.2) is 24.3 Å². The number of nitrogens with zero attached hydrogens (tertiary/aromatic N) is 1. The molecule has 8 nitrogen and oxygen atoms in total. The Balaban J connectivity index is 1.12. The van der Waals surface area contributed by atoms with Crippen LogP contribution in [0.4, 0.5) is 10.5 Å². The van der Waals surface area contributed by atoms with Gasteiger partial charge in [-0.05, 0) is 98.3 Å². The van der Waals surface area contributed by atoms with Gasteiger partial charge in [0.1, 0.15) is 0 Å². The molecule has 4 saturated carbocycles. The summed E-state index contributed by atoms with van der Waals surface area (Å²) < 4.78 is 0. The molecule has 4 amide bonds. The number of benzene rings is 1. The fourth-order valence-corrected chi connectivity index (χ4v) is 8.70. The van der Waals surface area contributed by atoms with Gasteiger partial charge in [-0.2, -0.15) is 0 Å². The number of nitrogens with two attached hydrogens (primary N) is 1. The van der Waals surface area contributed by atoms with E-state index in [1.165, 1.54) is 19.3 Å². The Labute approximate surface area is 226 Å². The summed E-state index contributed by atoms with van der Waals surface area (Å²) in [6, 6.07) is 6.54. The first kappa shape index (κ1) is 27.0. The first-order chi connectivity index (χ1) is 17.9. The van der Waals surface area contributed by atoms with E-state index in [-0.39, 0.29) is 35.3 Å². The Kier molecular flexibility index (Phi) is 6.99. The number of piperidine rings is 1. The van der Waals surface area contributed by atoms with E-state index in [1.54, 1.807) is 24.3 Å². The first-order valence-electron chi connectivity index (χ1n) is 14.4. The summed E-state index contributed by atoms with van der Waals surface area (Å²) >= 11 is 0. The molecular weight excluding hydrogens is 478 g/mol. The molecule has 0 spiro atoms. The van der Waals surface area contributed by atoms with Crippen molar-refractivity contribution < 1.29 is 14.4 Å². The third kappa shape index (κ3) is 5.56. The molecule has 1 aromatic rings. The second-order valence-corrected chi connectivity index (χ2v) is 13.9. The summed E-state index contributed by atoms with van der Waals surface area (Å²) in [5.41, 5.74) is 7.81. The molecule has 1 heterocycles. The highest BCUT2D eigenvalue weighted by Crippen LogP contribution is 2.66. The Morgan fingerprint density at radius 2 is 1.55 bits per heavy atom. The summed E-state index contributed by atoms with van der Waals surface area (Å²) in [4.78, 5) is 40.2. The van der Waals surface area contributed by atoms with Crippen molar-refractivity contribution >= 4 is 23.5 Å². The van der Waals surface area contributed by atoms with Gasteiger partial charge in [0.15, 0.2) is 0 Å². The van der Waals surface area contributed by atoms with Crippen LogP contribution in [0, 0.1) is 22.7 Å². The fourth-order valence-electron chi connectivity index (χ4n) is 8.70. The van der Waals surface area contributed by atoms with E-state index in [2.05, 4.69) is 29.8 Å². The van der Waals surface area contributed by atoms with Gasteiger partial charge in [-0.3, -0.25) is 9.59 Å². The smallest absolute Gasteiger partial charge is 0.319 e. The van der Waals surface area contributed by atoms with Gasteiger partial charge in [0, 0.05) is 35.9 Å². The minimum absolute atomic E-state index is 0.0280. The number of amides is 4. The number of hydrogen-bond donors (Lipinski definition) is 4. The van der Waals surface area contributed by atoms with Crippen LogP contribution >= 0.6 is 0 Å². The number of hydrogen-bond acceptors (Lipinski definition) is 4. The van der Waals surface area contributed by atoms with E-state index in [0.29, 0.717) is 53.9 Å². The molecule has 1 aromatic carbocycles. The van der Waals surface area contributed by atoms with Crippen molar-refractivity contribution in [3.05, 3.63) is 29.8 Å². The van der Waals surface area contributed by atoms with E-state index in [9.17, 15) is 14.4 Å². The number of carbonyl (C=O) groups excluding carboxylic acids is 3. The van der Waals surface area contributed by atoms with Crippen LogP contribution in [0.25, 0.3) is 0 Å². The molecule has 5 N–H and O–H groups in total. The number of nitrogens with one attached hydrogen (secondary N) is 3. The zero-order valence-electron chi connectivity index (χ0n) is 23.4. The molecule has 1 aliphatic heterocycles. The maximum atomic E-state index is 13.1. The summed E-state index contributed by atoms with van der Waals surface area (Å²) in [6.45, 7) is 9.85. The Morgan fingerprint density at radius 3 is 2.11 bits per heavy atom. The topological polar surface area (TPSA) is 117 Å². The molecule has 1 saturated heterocycles. The lowest BCUT2D eigenvalue weighted by molar-refractivity contribution is -0.124. The van der Waals surface area contributed by atoms with Crippen molar-refractivity contribution in [3.63, 3.8) is 0 Å². The van der Waals surface area contributed by atoms with Gasteiger partial charge in [0.2, 0.25) is 5.91 Å². The molecule has 4 aliphatic carbocycles. The van der Waals surface area contributed by atoms with Crippen molar-refractivity contribution in [2.45, 2.75) is 96.7 Å². The highest BCUT2D eigenvalue weighted by molar-refractivity contribution is 5.95. The van der Waals surface area contributed by atoms with Crippen molar-refractivity contribution in [2.24, 2.45) is 28.4 Å². The minimum atomic E-state index is -0.511. The highest BCUT2D eigenvalue weighted by Gasteiger charge is 2.60. The summed E-state index contributed by atoms with van der Waals surface area (Å²) in [6.07, 6.45) is 8.50. The summed E-state index contributed by atoms with van der Waals surface area (Å²) in [5, 5.41) is 9.41. The van der Waals surface area contributed by atoms with Gasteiger partial charge in [0.25, 0.3) is 5.91 Å². The predicted octanol–water partition coefficient (Wildman–Crippen LogP) is 4.26. The normalized spacial score (nSPS) is 33.2. The molecule has 4 bridgehead atoms. The largest absolute Gasteiger partial charge is 0.352 e.